The highest BCUT2D eigenvalue weighted by molar-refractivity contribution is 5.80. The van der Waals surface area contributed by atoms with Crippen molar-refractivity contribution in [3.63, 3.8) is 0 Å². The van der Waals surface area contributed by atoms with Crippen molar-refractivity contribution in [1.29, 1.82) is 0 Å². The SMILES string of the molecule is Cc1cc2c(cc1O)C(n1ccc3ccccc31)CN(C)CC2. The Morgan fingerprint density at radius 1 is 1.13 bits per heavy atom. The number of nitrogens with zero attached hydrogens (tertiary/aromatic N) is 2. The van der Waals surface area contributed by atoms with Gasteiger partial charge in [0.1, 0.15) is 5.75 Å². The maximum Gasteiger partial charge on any atom is 0.118 e. The average Bonchev–Trinajstić information content (AvgIpc) is 2.91. The van der Waals surface area contributed by atoms with E-state index in [4.69, 9.17) is 0 Å². The van der Waals surface area contributed by atoms with Crippen molar-refractivity contribution >= 4 is 10.9 Å². The van der Waals surface area contributed by atoms with Gasteiger partial charge in [0.25, 0.3) is 0 Å². The van der Waals surface area contributed by atoms with Crippen LogP contribution in [-0.4, -0.2) is 34.7 Å². The van der Waals surface area contributed by atoms with E-state index in [2.05, 4.69) is 59.1 Å². The van der Waals surface area contributed by atoms with E-state index in [0.29, 0.717) is 5.75 Å². The van der Waals surface area contributed by atoms with Gasteiger partial charge >= 0.3 is 0 Å². The second kappa shape index (κ2) is 5.43. The zero-order valence-electron chi connectivity index (χ0n) is 13.7. The lowest BCUT2D eigenvalue weighted by molar-refractivity contribution is 0.313. The number of fused-ring (bicyclic) bond motifs is 2. The second-order valence-corrected chi connectivity index (χ2v) is 6.65. The van der Waals surface area contributed by atoms with Gasteiger partial charge in [0.05, 0.1) is 6.04 Å². The van der Waals surface area contributed by atoms with Gasteiger partial charge in [0.15, 0.2) is 0 Å². The molecule has 3 aromatic rings. The number of aromatic hydroxyl groups is 1. The lowest BCUT2D eigenvalue weighted by Crippen LogP contribution is -2.27. The fourth-order valence-electron chi connectivity index (χ4n) is 3.71. The normalized spacial score (nSPS) is 18.8. The molecule has 23 heavy (non-hydrogen) atoms. The summed E-state index contributed by atoms with van der Waals surface area (Å²) in [5, 5.41) is 11.5. The van der Waals surface area contributed by atoms with E-state index in [9.17, 15) is 5.11 Å². The molecule has 1 aromatic heterocycles. The predicted octanol–water partition coefficient (Wildman–Crippen LogP) is 3.73. The van der Waals surface area contributed by atoms with Gasteiger partial charge in [-0.2, -0.15) is 0 Å². The monoisotopic (exact) mass is 306 g/mol. The third-order valence-electron chi connectivity index (χ3n) is 5.03. The van der Waals surface area contributed by atoms with Gasteiger partial charge in [-0.3, -0.25) is 0 Å². The van der Waals surface area contributed by atoms with Gasteiger partial charge in [-0.25, -0.2) is 0 Å². The molecule has 2 heterocycles. The highest BCUT2D eigenvalue weighted by atomic mass is 16.3. The Labute approximate surface area is 136 Å². The lowest BCUT2D eigenvalue weighted by atomic mass is 9.96. The maximum atomic E-state index is 10.2. The number of likely N-dealkylation sites (N-methyl/N-ethyl adjacent to an activating group) is 1. The number of phenols is 1. The molecule has 1 unspecified atom stereocenters. The van der Waals surface area contributed by atoms with Gasteiger partial charge in [0.2, 0.25) is 0 Å². The molecule has 0 spiro atoms. The van der Waals surface area contributed by atoms with E-state index in [1.54, 1.807) is 0 Å². The van der Waals surface area contributed by atoms with E-state index in [0.717, 1.165) is 25.1 Å². The van der Waals surface area contributed by atoms with Crippen molar-refractivity contribution < 1.29 is 5.11 Å². The minimum Gasteiger partial charge on any atom is -0.508 e. The molecule has 0 amide bonds. The van der Waals surface area contributed by atoms with Gasteiger partial charge < -0.3 is 14.6 Å². The summed E-state index contributed by atoms with van der Waals surface area (Å²) in [4.78, 5) is 2.38. The van der Waals surface area contributed by atoms with Crippen molar-refractivity contribution in [2.75, 3.05) is 20.1 Å². The number of phenolic OH excluding ortho intramolecular Hbond substituents is 1. The number of aromatic nitrogens is 1. The number of aryl methyl sites for hydroxylation is 1. The molecule has 3 heteroatoms. The van der Waals surface area contributed by atoms with E-state index in [1.165, 1.54) is 22.0 Å². The summed E-state index contributed by atoms with van der Waals surface area (Å²) in [6, 6.07) is 15.0. The summed E-state index contributed by atoms with van der Waals surface area (Å²) >= 11 is 0. The Kier molecular flexibility index (Phi) is 3.38. The number of para-hydroxylation sites is 1. The molecule has 1 aliphatic rings. The zero-order chi connectivity index (χ0) is 16.0. The zero-order valence-corrected chi connectivity index (χ0v) is 13.7. The van der Waals surface area contributed by atoms with E-state index in [1.807, 2.05) is 13.0 Å². The van der Waals surface area contributed by atoms with Crippen LogP contribution >= 0.6 is 0 Å². The summed E-state index contributed by atoms with van der Waals surface area (Å²) in [6.45, 7) is 3.98. The largest absolute Gasteiger partial charge is 0.508 e. The van der Waals surface area contributed by atoms with Crippen LogP contribution in [0.4, 0.5) is 0 Å². The number of hydrogen-bond acceptors (Lipinski definition) is 2. The Morgan fingerprint density at radius 2 is 1.96 bits per heavy atom. The molecule has 0 fully saturated rings. The molecule has 0 saturated carbocycles. The van der Waals surface area contributed by atoms with Crippen LogP contribution < -0.4 is 0 Å². The minimum absolute atomic E-state index is 0.226. The molecule has 3 nitrogen and oxygen atoms in total. The quantitative estimate of drug-likeness (QED) is 0.742. The first-order valence-corrected chi connectivity index (χ1v) is 8.20. The van der Waals surface area contributed by atoms with Crippen molar-refractivity contribution in [1.82, 2.24) is 9.47 Å². The van der Waals surface area contributed by atoms with Crippen LogP contribution in [0.2, 0.25) is 0 Å². The highest BCUT2D eigenvalue weighted by Crippen LogP contribution is 2.33. The molecule has 0 bridgehead atoms. The standard InChI is InChI=1S/C20H22N2O/c1-14-11-16-7-9-21(2)13-19(17(16)12-20(14)23)22-10-8-15-5-3-4-6-18(15)22/h3-6,8,10-12,19,23H,7,9,13H2,1-2H3. The molecule has 1 N–H and O–H groups in total. The summed E-state index contributed by atoms with van der Waals surface area (Å²) in [5.74, 6) is 0.398. The first-order valence-electron chi connectivity index (χ1n) is 8.20. The van der Waals surface area contributed by atoms with Crippen LogP contribution in [0.5, 0.6) is 5.75 Å². The fraction of sp³-hybridized carbons (Fsp3) is 0.300. The van der Waals surface area contributed by atoms with Gasteiger partial charge in [-0.05, 0) is 60.7 Å². The van der Waals surface area contributed by atoms with E-state index < -0.39 is 0 Å². The second-order valence-electron chi connectivity index (χ2n) is 6.65. The molecule has 118 valence electrons. The Bertz CT molecular complexity index is 865. The average molecular weight is 306 g/mol. The lowest BCUT2D eigenvalue weighted by Gasteiger charge is -2.24. The smallest absolute Gasteiger partial charge is 0.118 e. The van der Waals surface area contributed by atoms with Crippen molar-refractivity contribution in [3.8, 4) is 5.75 Å². The molecular formula is C20H22N2O. The van der Waals surface area contributed by atoms with Crippen molar-refractivity contribution in [2.45, 2.75) is 19.4 Å². The molecule has 0 saturated heterocycles. The summed E-state index contributed by atoms with van der Waals surface area (Å²) < 4.78 is 2.35. The Hall–Kier alpha value is -2.26. The van der Waals surface area contributed by atoms with Gasteiger partial charge in [-0.1, -0.05) is 24.3 Å². The van der Waals surface area contributed by atoms with E-state index in [-0.39, 0.29) is 6.04 Å². The maximum absolute atomic E-state index is 10.2. The van der Waals surface area contributed by atoms with Crippen LogP contribution in [0.25, 0.3) is 10.9 Å². The fourth-order valence-corrected chi connectivity index (χ4v) is 3.71. The molecule has 1 aliphatic heterocycles. The molecule has 0 radical (unpaired) electrons. The third kappa shape index (κ3) is 2.41. The van der Waals surface area contributed by atoms with Crippen molar-refractivity contribution in [2.24, 2.45) is 0 Å². The van der Waals surface area contributed by atoms with Gasteiger partial charge in [-0.15, -0.1) is 0 Å². The topological polar surface area (TPSA) is 28.4 Å². The number of rotatable bonds is 1. The van der Waals surface area contributed by atoms with Crippen LogP contribution in [0.15, 0.2) is 48.7 Å². The Morgan fingerprint density at radius 3 is 2.83 bits per heavy atom. The Balaban J connectivity index is 1.92. The molecule has 2 aromatic carbocycles. The van der Waals surface area contributed by atoms with Crippen LogP contribution in [0, 0.1) is 6.92 Å². The minimum atomic E-state index is 0.226. The summed E-state index contributed by atoms with van der Waals surface area (Å²) in [6.07, 6.45) is 3.21. The predicted molar refractivity (Wildman–Crippen MR) is 94.1 cm³/mol. The molecule has 1 atom stereocenters. The number of benzene rings is 2. The van der Waals surface area contributed by atoms with E-state index >= 15 is 0 Å². The summed E-state index contributed by atoms with van der Waals surface area (Å²) in [5.41, 5.74) is 4.81. The van der Waals surface area contributed by atoms with Crippen LogP contribution in [0.1, 0.15) is 22.7 Å². The van der Waals surface area contributed by atoms with Crippen molar-refractivity contribution in [3.05, 3.63) is 65.4 Å². The third-order valence-corrected chi connectivity index (χ3v) is 5.03. The molecular weight excluding hydrogens is 284 g/mol. The first kappa shape index (κ1) is 14.3. The molecule has 0 aliphatic carbocycles. The van der Waals surface area contributed by atoms with Crippen LogP contribution in [-0.2, 0) is 6.42 Å². The first-order chi connectivity index (χ1) is 11.1. The van der Waals surface area contributed by atoms with Gasteiger partial charge in [0, 0.05) is 24.8 Å². The summed E-state index contributed by atoms with van der Waals surface area (Å²) in [7, 11) is 2.18. The van der Waals surface area contributed by atoms with Crippen LogP contribution in [0.3, 0.4) is 0 Å². The number of hydrogen-bond donors (Lipinski definition) is 1. The molecule has 4 rings (SSSR count). The highest BCUT2D eigenvalue weighted by Gasteiger charge is 2.24.